The second-order valence-electron chi connectivity index (χ2n) is 4.12. The van der Waals surface area contributed by atoms with Crippen molar-refractivity contribution in [1.29, 1.82) is 0 Å². The molecule has 0 aliphatic heterocycles. The summed E-state index contributed by atoms with van der Waals surface area (Å²) in [6, 6.07) is 1.33. The van der Waals surface area contributed by atoms with Crippen LogP contribution in [-0.4, -0.2) is 40.2 Å². The molecule has 106 valence electrons. The van der Waals surface area contributed by atoms with E-state index in [9.17, 15) is 13.4 Å². The Hall–Kier alpha value is -1.50. The Balaban J connectivity index is 2.62. The summed E-state index contributed by atoms with van der Waals surface area (Å²) in [6.07, 6.45) is 3.57. The van der Waals surface area contributed by atoms with Gasteiger partial charge in [0.2, 0.25) is 0 Å². The average Bonchev–Trinajstić information content (AvgIpc) is 2.38. The van der Waals surface area contributed by atoms with Gasteiger partial charge in [0, 0.05) is 42.1 Å². The highest BCUT2D eigenvalue weighted by Gasteiger charge is 2.15. The van der Waals surface area contributed by atoms with Gasteiger partial charge in [0.05, 0.1) is 5.56 Å². The lowest BCUT2D eigenvalue weighted by molar-refractivity contribution is 0.0949. The molecule has 2 unspecified atom stereocenters. The first-order valence-electron chi connectivity index (χ1n) is 5.90. The van der Waals surface area contributed by atoms with Gasteiger partial charge < -0.3 is 10.6 Å². The SMILES string of the molecule is CNc1nccc(C(=O)NCCC(C)S(C)=O)c1F. The third-order valence-electron chi connectivity index (χ3n) is 2.77. The molecule has 1 heterocycles. The lowest BCUT2D eigenvalue weighted by atomic mass is 10.2. The maximum Gasteiger partial charge on any atom is 0.254 e. The van der Waals surface area contributed by atoms with Gasteiger partial charge in [-0.25, -0.2) is 9.37 Å². The van der Waals surface area contributed by atoms with E-state index in [4.69, 9.17) is 0 Å². The molecule has 0 aliphatic carbocycles. The Morgan fingerprint density at radius 3 is 2.84 bits per heavy atom. The third kappa shape index (κ3) is 4.27. The zero-order chi connectivity index (χ0) is 14.4. The van der Waals surface area contributed by atoms with Crippen molar-refractivity contribution in [3.05, 3.63) is 23.6 Å². The van der Waals surface area contributed by atoms with Crippen LogP contribution in [0.25, 0.3) is 0 Å². The molecule has 1 rings (SSSR count). The molecule has 0 radical (unpaired) electrons. The smallest absolute Gasteiger partial charge is 0.254 e. The van der Waals surface area contributed by atoms with E-state index in [1.807, 2.05) is 6.92 Å². The quantitative estimate of drug-likeness (QED) is 0.823. The standard InChI is InChI=1S/C12H18FN3O2S/c1-8(19(3)18)4-6-16-12(17)9-5-7-15-11(14-2)10(9)13/h5,7-8H,4,6H2,1-3H3,(H,14,15)(H,16,17). The van der Waals surface area contributed by atoms with Crippen LogP contribution >= 0.6 is 0 Å². The number of nitrogens with zero attached hydrogens (tertiary/aromatic N) is 1. The first-order chi connectivity index (χ1) is 8.97. The fourth-order valence-electron chi connectivity index (χ4n) is 1.44. The van der Waals surface area contributed by atoms with Crippen LogP contribution in [0, 0.1) is 5.82 Å². The topological polar surface area (TPSA) is 71.1 Å². The first kappa shape index (κ1) is 15.6. The Bertz CT molecular complexity index is 482. The number of hydrogen-bond acceptors (Lipinski definition) is 4. The predicted octanol–water partition coefficient (Wildman–Crippen LogP) is 1.15. The molecule has 2 atom stereocenters. The summed E-state index contributed by atoms with van der Waals surface area (Å²) in [6.45, 7) is 2.20. The summed E-state index contributed by atoms with van der Waals surface area (Å²) in [5, 5.41) is 5.18. The van der Waals surface area contributed by atoms with Crippen LogP contribution in [0.4, 0.5) is 10.2 Å². The Morgan fingerprint density at radius 2 is 2.26 bits per heavy atom. The van der Waals surface area contributed by atoms with Crippen LogP contribution in [0.15, 0.2) is 12.3 Å². The molecule has 0 saturated heterocycles. The van der Waals surface area contributed by atoms with Crippen LogP contribution in [0.5, 0.6) is 0 Å². The Kier molecular flexibility index (Phi) is 5.88. The van der Waals surface area contributed by atoms with Crippen molar-refractivity contribution in [2.45, 2.75) is 18.6 Å². The predicted molar refractivity (Wildman–Crippen MR) is 74.2 cm³/mol. The summed E-state index contributed by atoms with van der Waals surface area (Å²) in [5.74, 6) is -1.13. The number of aromatic nitrogens is 1. The van der Waals surface area contributed by atoms with E-state index in [1.54, 1.807) is 6.26 Å². The molecule has 1 aromatic heterocycles. The number of carbonyl (C=O) groups is 1. The lowest BCUT2D eigenvalue weighted by Crippen LogP contribution is -2.28. The number of hydrogen-bond donors (Lipinski definition) is 2. The van der Waals surface area contributed by atoms with Gasteiger partial charge in [0.25, 0.3) is 5.91 Å². The van der Waals surface area contributed by atoms with E-state index < -0.39 is 22.5 Å². The third-order valence-corrected chi connectivity index (χ3v) is 4.14. The second-order valence-corrected chi connectivity index (χ2v) is 5.93. The number of anilines is 1. The number of amides is 1. The van der Waals surface area contributed by atoms with Crippen LogP contribution in [0.2, 0.25) is 0 Å². The fourth-order valence-corrected chi connectivity index (χ4v) is 1.89. The Labute approximate surface area is 114 Å². The van der Waals surface area contributed by atoms with Gasteiger partial charge in [-0.05, 0) is 12.5 Å². The van der Waals surface area contributed by atoms with Crippen molar-refractivity contribution in [2.24, 2.45) is 0 Å². The highest BCUT2D eigenvalue weighted by Crippen LogP contribution is 2.14. The molecule has 0 saturated carbocycles. The molecule has 5 nitrogen and oxygen atoms in total. The zero-order valence-corrected chi connectivity index (χ0v) is 12.0. The minimum Gasteiger partial charge on any atom is -0.371 e. The van der Waals surface area contributed by atoms with Crippen molar-refractivity contribution in [3.8, 4) is 0 Å². The maximum atomic E-state index is 13.8. The van der Waals surface area contributed by atoms with Gasteiger partial charge in [-0.2, -0.15) is 0 Å². The van der Waals surface area contributed by atoms with Crippen LogP contribution in [0.1, 0.15) is 23.7 Å². The number of rotatable bonds is 6. The molecule has 7 heteroatoms. The van der Waals surface area contributed by atoms with E-state index in [0.29, 0.717) is 13.0 Å². The van der Waals surface area contributed by atoms with E-state index in [2.05, 4.69) is 15.6 Å². The first-order valence-corrected chi connectivity index (χ1v) is 7.52. The van der Waals surface area contributed by atoms with E-state index in [0.717, 1.165) is 0 Å². The summed E-state index contributed by atoms with van der Waals surface area (Å²) in [5.41, 5.74) is -0.0513. The average molecular weight is 287 g/mol. The molecule has 0 aromatic carbocycles. The van der Waals surface area contributed by atoms with Crippen molar-refractivity contribution in [2.75, 3.05) is 25.2 Å². The molecule has 0 bridgehead atoms. The zero-order valence-electron chi connectivity index (χ0n) is 11.2. The number of pyridine rings is 1. The van der Waals surface area contributed by atoms with Crippen molar-refractivity contribution < 1.29 is 13.4 Å². The normalized spacial score (nSPS) is 13.7. The van der Waals surface area contributed by atoms with Gasteiger partial charge >= 0.3 is 0 Å². The molecule has 1 aromatic rings. The molecule has 1 amide bonds. The van der Waals surface area contributed by atoms with Crippen LogP contribution in [-0.2, 0) is 10.8 Å². The Morgan fingerprint density at radius 1 is 1.58 bits per heavy atom. The molecule has 0 fully saturated rings. The van der Waals surface area contributed by atoms with Gasteiger partial charge in [0.15, 0.2) is 11.6 Å². The molecular formula is C12H18FN3O2S. The van der Waals surface area contributed by atoms with Crippen molar-refractivity contribution >= 4 is 22.5 Å². The highest BCUT2D eigenvalue weighted by molar-refractivity contribution is 7.84. The maximum absolute atomic E-state index is 13.8. The summed E-state index contributed by atoms with van der Waals surface area (Å²) in [7, 11) is 0.609. The second kappa shape index (κ2) is 7.18. The molecular weight excluding hydrogens is 269 g/mol. The fraction of sp³-hybridized carbons (Fsp3) is 0.500. The van der Waals surface area contributed by atoms with Crippen LogP contribution < -0.4 is 10.6 Å². The lowest BCUT2D eigenvalue weighted by Gasteiger charge is -2.10. The van der Waals surface area contributed by atoms with E-state index >= 15 is 0 Å². The largest absolute Gasteiger partial charge is 0.371 e. The van der Waals surface area contributed by atoms with E-state index in [-0.39, 0.29) is 16.6 Å². The number of halogens is 1. The summed E-state index contributed by atoms with van der Waals surface area (Å²) < 4.78 is 25.0. The summed E-state index contributed by atoms with van der Waals surface area (Å²) in [4.78, 5) is 15.6. The minimum atomic E-state index is -0.924. The summed E-state index contributed by atoms with van der Waals surface area (Å²) >= 11 is 0. The highest BCUT2D eigenvalue weighted by atomic mass is 32.2. The molecule has 19 heavy (non-hydrogen) atoms. The van der Waals surface area contributed by atoms with E-state index in [1.165, 1.54) is 19.3 Å². The molecule has 2 N–H and O–H groups in total. The number of nitrogens with one attached hydrogen (secondary N) is 2. The van der Waals surface area contributed by atoms with Gasteiger partial charge in [-0.15, -0.1) is 0 Å². The molecule has 0 aliphatic rings. The van der Waals surface area contributed by atoms with Crippen molar-refractivity contribution in [3.63, 3.8) is 0 Å². The van der Waals surface area contributed by atoms with Gasteiger partial charge in [-0.3, -0.25) is 9.00 Å². The molecule has 0 spiro atoms. The minimum absolute atomic E-state index is 0.00421. The van der Waals surface area contributed by atoms with Gasteiger partial charge in [-0.1, -0.05) is 6.92 Å². The monoisotopic (exact) mass is 287 g/mol. The number of carbonyl (C=O) groups excluding carboxylic acids is 1. The van der Waals surface area contributed by atoms with Gasteiger partial charge in [0.1, 0.15) is 0 Å². The van der Waals surface area contributed by atoms with Crippen molar-refractivity contribution in [1.82, 2.24) is 10.3 Å². The van der Waals surface area contributed by atoms with Crippen LogP contribution in [0.3, 0.4) is 0 Å².